The van der Waals surface area contributed by atoms with Gasteiger partial charge in [0.1, 0.15) is 0 Å². The maximum absolute atomic E-state index is 14.3. The van der Waals surface area contributed by atoms with Crippen molar-refractivity contribution in [3.05, 3.63) is 70.8 Å². The van der Waals surface area contributed by atoms with Crippen molar-refractivity contribution in [2.24, 2.45) is 11.8 Å². The highest BCUT2D eigenvalue weighted by molar-refractivity contribution is 6.38. The minimum atomic E-state index is -0.497. The molecule has 5 rings (SSSR count). The van der Waals surface area contributed by atoms with E-state index in [1.165, 1.54) is 0 Å². The summed E-state index contributed by atoms with van der Waals surface area (Å²) < 4.78 is 24.0. The molecule has 0 bridgehead atoms. The fourth-order valence-electron chi connectivity index (χ4n) is 9.16. The van der Waals surface area contributed by atoms with Crippen LogP contribution in [-0.4, -0.2) is 101 Å². The van der Waals surface area contributed by atoms with Crippen molar-refractivity contribution in [2.45, 2.75) is 130 Å². The highest BCUT2D eigenvalue weighted by atomic mass is 16.5. The summed E-state index contributed by atoms with van der Waals surface area (Å²) in [4.78, 5) is 61.1. The van der Waals surface area contributed by atoms with Gasteiger partial charge in [-0.25, -0.2) is 19.2 Å². The van der Waals surface area contributed by atoms with Gasteiger partial charge >= 0.3 is 23.9 Å². The van der Waals surface area contributed by atoms with E-state index in [1.807, 2.05) is 24.3 Å². The standard InChI is InChI=1S/C56H78N2O8/c1-9-13-23-39(11-3)37-65-55(61)47-31-27-43-41-25-29-45(53(59)63-35-21-17-15-19-33-57(5)6)51-46(54(60)64-36-22-18-16-20-34-58(7)8)30-26-42(49(41)51)44-28-32-48(52(47)50(43)44)56(62)66-38-40(12-4)24-14-10-2/h25-32,39-40H,9-24,33-38H2,1-8H3. The minimum absolute atomic E-state index is 0.236. The summed E-state index contributed by atoms with van der Waals surface area (Å²) in [6.07, 6.45) is 15.6. The first-order valence-corrected chi connectivity index (χ1v) is 25.1. The van der Waals surface area contributed by atoms with Crippen LogP contribution in [0.5, 0.6) is 0 Å². The van der Waals surface area contributed by atoms with Crippen molar-refractivity contribution in [1.82, 2.24) is 9.80 Å². The molecule has 66 heavy (non-hydrogen) atoms. The number of hydrogen-bond donors (Lipinski definition) is 0. The van der Waals surface area contributed by atoms with Crippen LogP contribution < -0.4 is 0 Å². The molecule has 0 saturated heterocycles. The molecule has 0 radical (unpaired) electrons. The third kappa shape index (κ3) is 13.7. The van der Waals surface area contributed by atoms with Gasteiger partial charge in [0.2, 0.25) is 0 Å². The number of carbonyl (C=O) groups is 4. The molecule has 5 aromatic rings. The number of fused-ring (bicyclic) bond motifs is 2. The van der Waals surface area contributed by atoms with Gasteiger partial charge in [-0.05, 0) is 148 Å². The lowest BCUT2D eigenvalue weighted by atomic mass is 9.84. The number of rotatable bonds is 30. The Morgan fingerprint density at radius 1 is 0.409 bits per heavy atom. The maximum Gasteiger partial charge on any atom is 0.338 e. The molecule has 10 nitrogen and oxygen atoms in total. The van der Waals surface area contributed by atoms with E-state index in [4.69, 9.17) is 18.9 Å². The van der Waals surface area contributed by atoms with E-state index in [1.54, 1.807) is 24.3 Å². The number of unbranched alkanes of at least 4 members (excludes halogenated alkanes) is 8. The maximum atomic E-state index is 14.3. The van der Waals surface area contributed by atoms with Crippen molar-refractivity contribution in [3.63, 3.8) is 0 Å². The lowest BCUT2D eigenvalue weighted by Gasteiger charge is -2.21. The molecule has 2 atom stereocenters. The van der Waals surface area contributed by atoms with Crippen molar-refractivity contribution in [1.29, 1.82) is 0 Å². The first-order chi connectivity index (χ1) is 31.9. The van der Waals surface area contributed by atoms with Gasteiger partial charge in [0.25, 0.3) is 0 Å². The lowest BCUT2D eigenvalue weighted by Crippen LogP contribution is -2.17. The Labute approximate surface area is 394 Å². The minimum Gasteiger partial charge on any atom is -0.462 e. The van der Waals surface area contributed by atoms with Gasteiger partial charge in [-0.2, -0.15) is 0 Å². The zero-order valence-electron chi connectivity index (χ0n) is 41.5. The Morgan fingerprint density at radius 3 is 1.03 bits per heavy atom. The van der Waals surface area contributed by atoms with Crippen LogP contribution in [0.1, 0.15) is 172 Å². The molecule has 2 unspecified atom stereocenters. The SMILES string of the molecule is CCCCC(CC)COC(=O)c1ccc2c3ccc(C(=O)OCCCCCCN(C)C)c4c(C(=O)OCCCCCCN(C)C)ccc(c5ccc(C(=O)OCC(CC)CCCC)c1c25)c43. The molecule has 0 aliphatic carbocycles. The van der Waals surface area contributed by atoms with Gasteiger partial charge in [-0.3, -0.25) is 0 Å². The lowest BCUT2D eigenvalue weighted by molar-refractivity contribution is 0.0427. The van der Waals surface area contributed by atoms with E-state index < -0.39 is 23.9 Å². The first kappa shape index (κ1) is 52.2. The topological polar surface area (TPSA) is 112 Å². The molecule has 0 spiro atoms. The molecule has 0 heterocycles. The van der Waals surface area contributed by atoms with Crippen LogP contribution in [0, 0.1) is 11.8 Å². The Morgan fingerprint density at radius 2 is 0.727 bits per heavy atom. The summed E-state index contributed by atoms with van der Waals surface area (Å²) in [6, 6.07) is 14.6. The highest BCUT2D eigenvalue weighted by Gasteiger charge is 2.28. The Bertz CT molecular complexity index is 2200. The molecule has 0 aliphatic heterocycles. The molecule has 0 aliphatic rings. The van der Waals surface area contributed by atoms with Gasteiger partial charge in [0, 0.05) is 10.8 Å². The third-order valence-electron chi connectivity index (χ3n) is 13.2. The van der Waals surface area contributed by atoms with E-state index in [0.29, 0.717) is 51.6 Å². The molecule has 0 N–H and O–H groups in total. The van der Waals surface area contributed by atoms with Gasteiger partial charge in [-0.1, -0.05) is 116 Å². The second-order valence-electron chi connectivity index (χ2n) is 18.9. The van der Waals surface area contributed by atoms with Crippen LogP contribution in [0.3, 0.4) is 0 Å². The van der Waals surface area contributed by atoms with E-state index in [-0.39, 0.29) is 25.0 Å². The molecule has 0 saturated carbocycles. The first-order valence-electron chi connectivity index (χ1n) is 25.1. The van der Waals surface area contributed by atoms with E-state index in [0.717, 1.165) is 143 Å². The van der Waals surface area contributed by atoms with Crippen molar-refractivity contribution < 1.29 is 38.1 Å². The molecule has 0 aromatic heterocycles. The summed E-state index contributed by atoms with van der Waals surface area (Å²) in [6.45, 7) is 11.7. The monoisotopic (exact) mass is 907 g/mol. The van der Waals surface area contributed by atoms with Crippen molar-refractivity contribution >= 4 is 67.0 Å². The second kappa shape index (κ2) is 26.5. The Balaban J connectivity index is 1.62. The van der Waals surface area contributed by atoms with E-state index >= 15 is 0 Å². The molecule has 5 aromatic carbocycles. The Hall–Kier alpha value is -4.80. The summed E-state index contributed by atoms with van der Waals surface area (Å²) in [5, 5.41) is 5.47. The quantitative estimate of drug-likeness (QED) is 0.0145. The number of esters is 4. The summed E-state index contributed by atoms with van der Waals surface area (Å²) in [5.74, 6) is -1.50. The van der Waals surface area contributed by atoms with Crippen molar-refractivity contribution in [3.8, 4) is 0 Å². The molecule has 360 valence electrons. The van der Waals surface area contributed by atoms with Gasteiger partial charge < -0.3 is 28.7 Å². The van der Waals surface area contributed by atoms with Gasteiger partial charge in [-0.15, -0.1) is 0 Å². The predicted molar refractivity (Wildman–Crippen MR) is 269 cm³/mol. The smallest absolute Gasteiger partial charge is 0.338 e. The predicted octanol–water partition coefficient (Wildman–Crippen LogP) is 13.0. The number of carbonyl (C=O) groups excluding carboxylic acids is 4. The van der Waals surface area contributed by atoms with E-state index in [2.05, 4.69) is 65.7 Å². The van der Waals surface area contributed by atoms with E-state index in [9.17, 15) is 19.2 Å². The zero-order chi connectivity index (χ0) is 47.6. The number of ether oxygens (including phenoxy) is 4. The highest BCUT2D eigenvalue weighted by Crippen LogP contribution is 2.44. The average molecular weight is 907 g/mol. The normalized spacial score (nSPS) is 12.8. The third-order valence-corrected chi connectivity index (χ3v) is 13.2. The number of nitrogens with zero attached hydrogens (tertiary/aromatic N) is 2. The summed E-state index contributed by atoms with van der Waals surface area (Å²) in [7, 11) is 8.26. The van der Waals surface area contributed by atoms with Crippen LogP contribution in [-0.2, 0) is 18.9 Å². The fourth-order valence-corrected chi connectivity index (χ4v) is 9.16. The molecular weight excluding hydrogens is 829 g/mol. The van der Waals surface area contributed by atoms with Crippen molar-refractivity contribution in [2.75, 3.05) is 67.7 Å². The summed E-state index contributed by atoms with van der Waals surface area (Å²) in [5.41, 5.74) is 1.19. The number of benzene rings is 5. The van der Waals surface area contributed by atoms with Crippen LogP contribution in [0.25, 0.3) is 43.1 Å². The summed E-state index contributed by atoms with van der Waals surface area (Å²) >= 11 is 0. The van der Waals surface area contributed by atoms with Crippen LogP contribution in [0.2, 0.25) is 0 Å². The van der Waals surface area contributed by atoms with Crippen LogP contribution in [0.15, 0.2) is 48.5 Å². The van der Waals surface area contributed by atoms with Gasteiger partial charge in [0.15, 0.2) is 0 Å². The molecule has 0 amide bonds. The largest absolute Gasteiger partial charge is 0.462 e. The Kier molecular flexibility index (Phi) is 21.0. The molecule has 10 heteroatoms. The van der Waals surface area contributed by atoms with Gasteiger partial charge in [0.05, 0.1) is 48.7 Å². The van der Waals surface area contributed by atoms with Crippen LogP contribution >= 0.6 is 0 Å². The zero-order valence-corrected chi connectivity index (χ0v) is 41.5. The second-order valence-corrected chi connectivity index (χ2v) is 18.9. The van der Waals surface area contributed by atoms with Crippen LogP contribution in [0.4, 0.5) is 0 Å². The molecular formula is C56H78N2O8. The number of hydrogen-bond acceptors (Lipinski definition) is 10. The average Bonchev–Trinajstić information content (AvgIpc) is 3.31. The fraction of sp³-hybridized carbons (Fsp3) is 0.571. The molecule has 0 fully saturated rings.